The minimum atomic E-state index is -0.894. The van der Waals surface area contributed by atoms with E-state index < -0.39 is 5.60 Å². The van der Waals surface area contributed by atoms with Crippen LogP contribution in [-0.2, 0) is 0 Å². The van der Waals surface area contributed by atoms with Crippen molar-refractivity contribution in [1.82, 2.24) is 13.6 Å². The molecule has 1 aromatic rings. The molecule has 0 aliphatic heterocycles. The Balaban J connectivity index is 2.72. The smallest absolute Gasteiger partial charge is 0.275 e. The Bertz CT molecular complexity index is 319. The Kier molecular flexibility index (Phi) is 3.76. The van der Waals surface area contributed by atoms with Crippen molar-refractivity contribution in [3.63, 3.8) is 0 Å². The van der Waals surface area contributed by atoms with E-state index in [4.69, 9.17) is 0 Å². The lowest BCUT2D eigenvalue weighted by atomic mass is 10.1. The van der Waals surface area contributed by atoms with Gasteiger partial charge in [0.1, 0.15) is 0 Å². The molecule has 0 atom stereocenters. The molecule has 0 radical (unpaired) electrons. The number of rotatable bonds is 4. The number of carbonyl (C=O) groups excluding carboxylic acids is 1. The Hall–Kier alpha value is -1.01. The third-order valence-corrected chi connectivity index (χ3v) is 2.31. The van der Waals surface area contributed by atoms with Gasteiger partial charge < -0.3 is 10.0 Å². The minimum Gasteiger partial charge on any atom is -0.389 e. The van der Waals surface area contributed by atoms with Crippen molar-refractivity contribution < 1.29 is 9.90 Å². The van der Waals surface area contributed by atoms with Gasteiger partial charge in [0.05, 0.1) is 23.5 Å². The summed E-state index contributed by atoms with van der Waals surface area (Å²) in [6, 6.07) is 0. The molecule has 5 nitrogen and oxygen atoms in total. The molecule has 1 heterocycles. The van der Waals surface area contributed by atoms with E-state index >= 15 is 0 Å². The Morgan fingerprint density at radius 2 is 2.33 bits per heavy atom. The molecule has 0 aliphatic rings. The van der Waals surface area contributed by atoms with E-state index in [1.54, 1.807) is 18.7 Å². The van der Waals surface area contributed by atoms with Gasteiger partial charge in [-0.15, -0.1) is 0 Å². The average Bonchev–Trinajstić information content (AvgIpc) is 2.64. The van der Waals surface area contributed by atoms with Gasteiger partial charge in [-0.25, -0.2) is 0 Å². The summed E-state index contributed by atoms with van der Waals surface area (Å²) >= 11 is 1.00. The van der Waals surface area contributed by atoms with Gasteiger partial charge in [-0.1, -0.05) is 0 Å². The first kappa shape index (κ1) is 12.1. The summed E-state index contributed by atoms with van der Waals surface area (Å²) in [4.78, 5) is 13.4. The SMILES string of the molecule is CCN(CC(C)(C)O)C(=O)c1cnsn1. The number of amides is 1. The number of nitrogens with zero attached hydrogens (tertiary/aromatic N) is 3. The summed E-state index contributed by atoms with van der Waals surface area (Å²) in [5, 5.41) is 9.64. The van der Waals surface area contributed by atoms with Gasteiger partial charge in [0.2, 0.25) is 0 Å². The highest BCUT2D eigenvalue weighted by atomic mass is 32.1. The fourth-order valence-corrected chi connectivity index (χ4v) is 1.62. The number of carbonyl (C=O) groups is 1. The zero-order chi connectivity index (χ0) is 11.5. The zero-order valence-electron chi connectivity index (χ0n) is 9.10. The molecule has 0 spiro atoms. The van der Waals surface area contributed by atoms with E-state index in [1.807, 2.05) is 6.92 Å². The standard InChI is InChI=1S/C9H15N3O2S/c1-4-12(6-9(2,3)14)8(13)7-5-10-15-11-7/h5,14H,4,6H2,1-3H3. The number of aromatic nitrogens is 2. The molecule has 1 amide bonds. The topological polar surface area (TPSA) is 66.3 Å². The van der Waals surface area contributed by atoms with Crippen molar-refractivity contribution in [3.05, 3.63) is 11.9 Å². The molecule has 0 aromatic carbocycles. The summed E-state index contributed by atoms with van der Waals surface area (Å²) in [5.74, 6) is -0.187. The largest absolute Gasteiger partial charge is 0.389 e. The van der Waals surface area contributed by atoms with Crippen molar-refractivity contribution in [2.75, 3.05) is 13.1 Å². The first-order valence-corrected chi connectivity index (χ1v) is 5.46. The molecule has 1 rings (SSSR count). The maximum absolute atomic E-state index is 11.8. The van der Waals surface area contributed by atoms with Gasteiger partial charge in [-0.2, -0.15) is 8.75 Å². The maximum atomic E-state index is 11.8. The molecule has 15 heavy (non-hydrogen) atoms. The van der Waals surface area contributed by atoms with Crippen LogP contribution in [0.4, 0.5) is 0 Å². The van der Waals surface area contributed by atoms with Gasteiger partial charge in [0.25, 0.3) is 5.91 Å². The van der Waals surface area contributed by atoms with Crippen LogP contribution in [0.2, 0.25) is 0 Å². The van der Waals surface area contributed by atoms with Crippen LogP contribution in [-0.4, -0.2) is 43.4 Å². The number of likely N-dealkylation sites (N-methyl/N-ethyl adjacent to an activating group) is 1. The summed E-state index contributed by atoms with van der Waals surface area (Å²) < 4.78 is 7.65. The van der Waals surface area contributed by atoms with E-state index in [1.165, 1.54) is 6.20 Å². The Morgan fingerprint density at radius 3 is 2.73 bits per heavy atom. The van der Waals surface area contributed by atoms with E-state index in [0.29, 0.717) is 18.8 Å². The first-order chi connectivity index (χ1) is 6.94. The molecule has 0 unspecified atom stereocenters. The van der Waals surface area contributed by atoms with Crippen molar-refractivity contribution in [2.45, 2.75) is 26.4 Å². The molecule has 6 heteroatoms. The lowest BCUT2D eigenvalue weighted by molar-refractivity contribution is 0.0312. The third-order valence-electron chi connectivity index (χ3n) is 1.83. The molecule has 0 aliphatic carbocycles. The Labute approximate surface area is 93.1 Å². The van der Waals surface area contributed by atoms with Crippen LogP contribution in [0.25, 0.3) is 0 Å². The highest BCUT2D eigenvalue weighted by Gasteiger charge is 2.23. The fraction of sp³-hybridized carbons (Fsp3) is 0.667. The molecule has 0 fully saturated rings. The molecule has 1 N–H and O–H groups in total. The van der Waals surface area contributed by atoms with Gasteiger partial charge in [0, 0.05) is 13.1 Å². The van der Waals surface area contributed by atoms with Crippen LogP contribution in [0.5, 0.6) is 0 Å². The third kappa shape index (κ3) is 3.56. The average molecular weight is 229 g/mol. The van der Waals surface area contributed by atoms with Crippen molar-refractivity contribution in [3.8, 4) is 0 Å². The second-order valence-electron chi connectivity index (χ2n) is 3.92. The summed E-state index contributed by atoms with van der Waals surface area (Å²) in [5.41, 5.74) is -0.555. The van der Waals surface area contributed by atoms with Crippen molar-refractivity contribution >= 4 is 17.6 Å². The van der Waals surface area contributed by atoms with E-state index in [2.05, 4.69) is 8.75 Å². The number of hydrogen-bond donors (Lipinski definition) is 1. The molecular formula is C9H15N3O2S. The lowest BCUT2D eigenvalue weighted by Gasteiger charge is -2.27. The first-order valence-electron chi connectivity index (χ1n) is 4.73. The number of aliphatic hydroxyl groups is 1. The molecule has 0 bridgehead atoms. The van der Waals surface area contributed by atoms with Crippen molar-refractivity contribution in [1.29, 1.82) is 0 Å². The van der Waals surface area contributed by atoms with Gasteiger partial charge >= 0.3 is 0 Å². The highest BCUT2D eigenvalue weighted by Crippen LogP contribution is 2.08. The normalized spacial score (nSPS) is 11.5. The maximum Gasteiger partial charge on any atom is 0.275 e. The molecule has 1 aromatic heterocycles. The Morgan fingerprint density at radius 1 is 1.67 bits per heavy atom. The number of hydrogen-bond acceptors (Lipinski definition) is 5. The summed E-state index contributed by atoms with van der Waals surface area (Å²) in [6.07, 6.45) is 1.44. The van der Waals surface area contributed by atoms with Gasteiger partial charge in [0.15, 0.2) is 5.69 Å². The van der Waals surface area contributed by atoms with Crippen molar-refractivity contribution in [2.24, 2.45) is 0 Å². The minimum absolute atomic E-state index is 0.187. The molecular weight excluding hydrogens is 214 g/mol. The summed E-state index contributed by atoms with van der Waals surface area (Å²) in [7, 11) is 0. The quantitative estimate of drug-likeness (QED) is 0.828. The van der Waals surface area contributed by atoms with Crippen LogP contribution in [0.3, 0.4) is 0 Å². The molecule has 0 saturated heterocycles. The molecule has 0 saturated carbocycles. The van der Waals surface area contributed by atoms with E-state index in [-0.39, 0.29) is 5.91 Å². The van der Waals surface area contributed by atoms with Crippen LogP contribution in [0, 0.1) is 0 Å². The fourth-order valence-electron chi connectivity index (χ4n) is 1.22. The predicted molar refractivity (Wildman–Crippen MR) is 57.8 cm³/mol. The highest BCUT2D eigenvalue weighted by molar-refractivity contribution is 6.99. The van der Waals surface area contributed by atoms with Crippen LogP contribution in [0.15, 0.2) is 6.20 Å². The predicted octanol–water partition coefficient (Wildman–Crippen LogP) is 0.771. The lowest BCUT2D eigenvalue weighted by Crippen LogP contribution is -2.42. The van der Waals surface area contributed by atoms with E-state index in [0.717, 1.165) is 11.7 Å². The van der Waals surface area contributed by atoms with E-state index in [9.17, 15) is 9.90 Å². The second-order valence-corrected chi connectivity index (χ2v) is 4.48. The monoisotopic (exact) mass is 229 g/mol. The van der Waals surface area contributed by atoms with Crippen LogP contribution < -0.4 is 0 Å². The zero-order valence-corrected chi connectivity index (χ0v) is 9.91. The molecule has 84 valence electrons. The van der Waals surface area contributed by atoms with Crippen LogP contribution in [0.1, 0.15) is 31.3 Å². The second kappa shape index (κ2) is 4.67. The van der Waals surface area contributed by atoms with Crippen LogP contribution >= 0.6 is 11.7 Å². The van der Waals surface area contributed by atoms with Gasteiger partial charge in [-0.3, -0.25) is 4.79 Å². The summed E-state index contributed by atoms with van der Waals surface area (Å²) in [6.45, 7) is 6.04. The van der Waals surface area contributed by atoms with Gasteiger partial charge in [-0.05, 0) is 20.8 Å².